The predicted molar refractivity (Wildman–Crippen MR) is 44.9 cm³/mol. The van der Waals surface area contributed by atoms with Crippen molar-refractivity contribution in [1.82, 2.24) is 4.98 Å². The number of hydrogen-bond donors (Lipinski definition) is 1. The van der Waals surface area contributed by atoms with E-state index in [2.05, 4.69) is 4.98 Å². The summed E-state index contributed by atoms with van der Waals surface area (Å²) in [5, 5.41) is 8.79. The molecule has 0 aromatic carbocycles. The Bertz CT molecular complexity index is 388. The van der Waals surface area contributed by atoms with E-state index in [0.29, 0.717) is 0 Å². The average molecular weight is 241 g/mol. The molecule has 1 aromatic heterocycles. The van der Waals surface area contributed by atoms with Crippen LogP contribution in [-0.2, 0) is 12.8 Å². The van der Waals surface area contributed by atoms with Gasteiger partial charge < -0.3 is 5.11 Å². The van der Waals surface area contributed by atoms with Gasteiger partial charge in [0.15, 0.2) is 0 Å². The summed E-state index contributed by atoms with van der Waals surface area (Å²) in [5.74, 6) is 0. The van der Waals surface area contributed by atoms with Crippen LogP contribution in [0.25, 0.3) is 0 Å². The molecule has 0 aliphatic heterocycles. The van der Waals surface area contributed by atoms with Crippen LogP contribution >= 0.6 is 0 Å². The Labute approximate surface area is 87.7 Å². The second-order valence-electron chi connectivity index (χ2n) is 3.12. The first-order valence-electron chi connectivity index (χ1n) is 4.24. The van der Waals surface area contributed by atoms with Crippen molar-refractivity contribution in [2.45, 2.75) is 26.1 Å². The standard InChI is InChI=1S/C9H8F5NO/c1-4-6(3-16)5(8(10)11)2-7(15-4)9(12,13)14/h2,8,16H,3H2,1H3. The normalized spacial score (nSPS) is 12.2. The van der Waals surface area contributed by atoms with Crippen molar-refractivity contribution in [2.75, 3.05) is 0 Å². The molecule has 0 unspecified atom stereocenters. The molecule has 7 heteroatoms. The lowest BCUT2D eigenvalue weighted by Crippen LogP contribution is -2.12. The van der Waals surface area contributed by atoms with Crippen molar-refractivity contribution >= 4 is 0 Å². The third-order valence-corrected chi connectivity index (χ3v) is 2.05. The molecular weight excluding hydrogens is 233 g/mol. The van der Waals surface area contributed by atoms with Gasteiger partial charge in [0.05, 0.1) is 6.61 Å². The molecule has 0 saturated heterocycles. The summed E-state index contributed by atoms with van der Waals surface area (Å²) >= 11 is 0. The summed E-state index contributed by atoms with van der Waals surface area (Å²) < 4.78 is 61.7. The zero-order chi connectivity index (χ0) is 12.5. The maximum atomic E-state index is 12.5. The zero-order valence-corrected chi connectivity index (χ0v) is 8.15. The summed E-state index contributed by atoms with van der Waals surface area (Å²) in [4.78, 5) is 3.14. The Balaban J connectivity index is 3.40. The minimum atomic E-state index is -4.78. The first-order chi connectivity index (χ1) is 7.27. The third kappa shape index (κ3) is 2.46. The summed E-state index contributed by atoms with van der Waals surface area (Å²) in [6.07, 6.45) is -7.85. The van der Waals surface area contributed by atoms with E-state index in [1.165, 1.54) is 0 Å². The second-order valence-corrected chi connectivity index (χ2v) is 3.12. The van der Waals surface area contributed by atoms with E-state index < -0.39 is 30.5 Å². The number of aromatic nitrogens is 1. The number of rotatable bonds is 2. The Hall–Kier alpha value is -1.24. The first kappa shape index (κ1) is 12.8. The average Bonchev–Trinajstić information content (AvgIpc) is 2.14. The molecule has 0 aliphatic carbocycles. The van der Waals surface area contributed by atoms with Gasteiger partial charge in [-0.1, -0.05) is 0 Å². The van der Waals surface area contributed by atoms with Gasteiger partial charge in [-0.2, -0.15) is 13.2 Å². The Morgan fingerprint density at radius 2 is 1.94 bits per heavy atom. The van der Waals surface area contributed by atoms with Crippen molar-refractivity contribution in [3.63, 3.8) is 0 Å². The van der Waals surface area contributed by atoms with Gasteiger partial charge in [0, 0.05) is 16.8 Å². The molecule has 0 fully saturated rings. The molecule has 0 atom stereocenters. The highest BCUT2D eigenvalue weighted by Crippen LogP contribution is 2.33. The van der Waals surface area contributed by atoms with Crippen LogP contribution in [0.3, 0.4) is 0 Å². The minimum Gasteiger partial charge on any atom is -0.392 e. The molecule has 1 heterocycles. The maximum absolute atomic E-state index is 12.5. The van der Waals surface area contributed by atoms with Crippen molar-refractivity contribution < 1.29 is 27.1 Å². The van der Waals surface area contributed by atoms with Crippen molar-refractivity contribution in [2.24, 2.45) is 0 Å². The molecular formula is C9H8F5NO. The number of hydrogen-bond acceptors (Lipinski definition) is 2. The SMILES string of the molecule is Cc1nc(C(F)(F)F)cc(C(F)F)c1CO. The van der Waals surface area contributed by atoms with Gasteiger partial charge in [0.1, 0.15) is 5.69 Å². The number of aliphatic hydroxyl groups excluding tert-OH is 1. The number of alkyl halides is 5. The van der Waals surface area contributed by atoms with Gasteiger partial charge >= 0.3 is 6.18 Å². The fraction of sp³-hybridized carbons (Fsp3) is 0.444. The highest BCUT2D eigenvalue weighted by atomic mass is 19.4. The lowest BCUT2D eigenvalue weighted by molar-refractivity contribution is -0.141. The van der Waals surface area contributed by atoms with E-state index >= 15 is 0 Å². The van der Waals surface area contributed by atoms with Crippen LogP contribution in [0.15, 0.2) is 6.07 Å². The Kier molecular flexibility index (Phi) is 3.47. The monoisotopic (exact) mass is 241 g/mol. The Morgan fingerprint density at radius 3 is 2.31 bits per heavy atom. The molecule has 0 bridgehead atoms. The van der Waals surface area contributed by atoms with Crippen LogP contribution in [0.2, 0.25) is 0 Å². The largest absolute Gasteiger partial charge is 0.433 e. The smallest absolute Gasteiger partial charge is 0.392 e. The highest BCUT2D eigenvalue weighted by Gasteiger charge is 2.34. The topological polar surface area (TPSA) is 33.1 Å². The van der Waals surface area contributed by atoms with Crippen LogP contribution in [0.4, 0.5) is 22.0 Å². The van der Waals surface area contributed by atoms with Crippen LogP contribution in [0, 0.1) is 6.92 Å². The first-order valence-corrected chi connectivity index (χ1v) is 4.24. The van der Waals surface area contributed by atoms with E-state index in [1.54, 1.807) is 0 Å². The van der Waals surface area contributed by atoms with Gasteiger partial charge in [-0.15, -0.1) is 0 Å². The van der Waals surface area contributed by atoms with Gasteiger partial charge in [-0.25, -0.2) is 13.8 Å². The zero-order valence-electron chi connectivity index (χ0n) is 8.15. The van der Waals surface area contributed by atoms with E-state index in [0.717, 1.165) is 6.92 Å². The minimum absolute atomic E-state index is 0.243. The number of nitrogens with zero attached hydrogens (tertiary/aromatic N) is 1. The molecule has 0 saturated carbocycles. The highest BCUT2D eigenvalue weighted by molar-refractivity contribution is 5.33. The number of aliphatic hydroxyl groups is 1. The third-order valence-electron chi connectivity index (χ3n) is 2.05. The molecule has 0 radical (unpaired) electrons. The van der Waals surface area contributed by atoms with E-state index in [4.69, 9.17) is 5.11 Å². The number of halogens is 5. The molecule has 0 aliphatic rings. The summed E-state index contributed by atoms with van der Waals surface area (Å²) in [6.45, 7) is 0.378. The fourth-order valence-electron chi connectivity index (χ4n) is 1.27. The molecule has 1 N–H and O–H groups in total. The van der Waals surface area contributed by atoms with Crippen molar-refractivity contribution in [3.8, 4) is 0 Å². The van der Waals surface area contributed by atoms with Gasteiger partial charge in [-0.05, 0) is 13.0 Å². The van der Waals surface area contributed by atoms with Gasteiger partial charge in [0.2, 0.25) is 0 Å². The van der Waals surface area contributed by atoms with Gasteiger partial charge in [0.25, 0.3) is 6.43 Å². The summed E-state index contributed by atoms with van der Waals surface area (Å²) in [7, 11) is 0. The lowest BCUT2D eigenvalue weighted by atomic mass is 10.1. The second kappa shape index (κ2) is 4.32. The fourth-order valence-corrected chi connectivity index (χ4v) is 1.27. The summed E-state index contributed by atoms with van der Waals surface area (Å²) in [5.41, 5.74) is -2.71. The van der Waals surface area contributed by atoms with Crippen LogP contribution in [0.5, 0.6) is 0 Å². The van der Waals surface area contributed by atoms with E-state index in [9.17, 15) is 22.0 Å². The predicted octanol–water partition coefficient (Wildman–Crippen LogP) is 2.84. The quantitative estimate of drug-likeness (QED) is 0.807. The molecule has 2 nitrogen and oxygen atoms in total. The summed E-state index contributed by atoms with van der Waals surface area (Å²) in [6, 6.07) is 0.267. The van der Waals surface area contributed by atoms with E-state index in [-0.39, 0.29) is 17.3 Å². The molecule has 0 amide bonds. The van der Waals surface area contributed by atoms with E-state index in [1.807, 2.05) is 0 Å². The van der Waals surface area contributed by atoms with Crippen LogP contribution < -0.4 is 0 Å². The maximum Gasteiger partial charge on any atom is 0.433 e. The number of aryl methyl sites for hydroxylation is 1. The van der Waals surface area contributed by atoms with Crippen molar-refractivity contribution in [1.29, 1.82) is 0 Å². The molecule has 1 rings (SSSR count). The van der Waals surface area contributed by atoms with Gasteiger partial charge in [-0.3, -0.25) is 0 Å². The molecule has 90 valence electrons. The molecule has 1 aromatic rings. The Morgan fingerprint density at radius 1 is 1.38 bits per heavy atom. The lowest BCUT2D eigenvalue weighted by Gasteiger charge is -2.13. The molecule has 16 heavy (non-hydrogen) atoms. The van der Waals surface area contributed by atoms with Crippen LogP contribution in [0.1, 0.15) is 28.9 Å². The van der Waals surface area contributed by atoms with Crippen molar-refractivity contribution in [3.05, 3.63) is 28.6 Å². The van der Waals surface area contributed by atoms with Crippen LogP contribution in [-0.4, -0.2) is 10.1 Å². The number of pyridine rings is 1. The molecule has 0 spiro atoms.